The van der Waals surface area contributed by atoms with Gasteiger partial charge in [0.25, 0.3) is 10.1 Å². The Morgan fingerprint density at radius 3 is 2.00 bits per heavy atom. The molecule has 1 aromatic carbocycles. The van der Waals surface area contributed by atoms with E-state index in [0.717, 1.165) is 51.2 Å². The van der Waals surface area contributed by atoms with Gasteiger partial charge in [-0.05, 0) is 64.5 Å². The van der Waals surface area contributed by atoms with Crippen LogP contribution in [0.3, 0.4) is 0 Å². The second kappa shape index (κ2) is 17.9. The van der Waals surface area contributed by atoms with Gasteiger partial charge in [0.1, 0.15) is 0 Å². The van der Waals surface area contributed by atoms with E-state index in [4.69, 9.17) is 13.7 Å². The first kappa shape index (κ1) is 33.6. The van der Waals surface area contributed by atoms with Crippen LogP contribution in [0, 0.1) is 12.8 Å². The van der Waals surface area contributed by atoms with Gasteiger partial charge in [0.15, 0.2) is 5.60 Å². The summed E-state index contributed by atoms with van der Waals surface area (Å²) in [6.45, 7) is 5.31. The monoisotopic (exact) mass is 550 g/mol. The fraction of sp³-hybridized carbons (Fsp3) is 0.600. The Labute approximate surface area is 229 Å². The predicted molar refractivity (Wildman–Crippen MR) is 150 cm³/mol. The molecule has 1 aromatic rings. The summed E-state index contributed by atoms with van der Waals surface area (Å²) in [5.74, 6) is -2.82. The van der Waals surface area contributed by atoms with Gasteiger partial charge in [0, 0.05) is 0 Å². The number of aryl methyl sites for hydroxylation is 1. The summed E-state index contributed by atoms with van der Waals surface area (Å²) in [5.41, 5.74) is -1.20. The van der Waals surface area contributed by atoms with Crippen LogP contribution in [0.5, 0.6) is 0 Å². The average Bonchev–Trinajstić information content (AvgIpc) is 2.89. The number of unbranched alkanes of at least 4 members (excludes halogenated alkanes) is 7. The Bertz CT molecular complexity index is 996. The number of allylic oxidation sites excluding steroid dienone is 4. The van der Waals surface area contributed by atoms with E-state index in [-0.39, 0.29) is 11.3 Å². The third-order valence-corrected chi connectivity index (χ3v) is 7.94. The van der Waals surface area contributed by atoms with Crippen molar-refractivity contribution in [3.05, 3.63) is 54.1 Å². The van der Waals surface area contributed by atoms with Crippen LogP contribution < -0.4 is 0 Å². The molecular formula is C30H46O7S. The van der Waals surface area contributed by atoms with Gasteiger partial charge in [0.05, 0.1) is 25.0 Å². The van der Waals surface area contributed by atoms with Crippen molar-refractivity contribution in [2.75, 3.05) is 14.2 Å². The molecule has 38 heavy (non-hydrogen) atoms. The van der Waals surface area contributed by atoms with E-state index in [0.29, 0.717) is 6.42 Å². The lowest BCUT2D eigenvalue weighted by molar-refractivity contribution is -0.172. The predicted octanol–water partition coefficient (Wildman–Crippen LogP) is 6.84. The summed E-state index contributed by atoms with van der Waals surface area (Å²) in [6, 6.07) is 6.05. The third kappa shape index (κ3) is 11.5. The highest BCUT2D eigenvalue weighted by molar-refractivity contribution is 7.86. The molecule has 0 spiro atoms. The van der Waals surface area contributed by atoms with Crippen molar-refractivity contribution >= 4 is 22.1 Å². The van der Waals surface area contributed by atoms with Gasteiger partial charge in [-0.3, -0.25) is 4.79 Å². The Balaban J connectivity index is 2.70. The molecule has 0 aliphatic rings. The van der Waals surface area contributed by atoms with Gasteiger partial charge in [-0.25, -0.2) is 8.98 Å². The number of esters is 2. The minimum atomic E-state index is -4.36. The molecule has 0 fully saturated rings. The van der Waals surface area contributed by atoms with Crippen LogP contribution in [0.2, 0.25) is 0 Å². The molecule has 8 heteroatoms. The summed E-state index contributed by atoms with van der Waals surface area (Å²) in [7, 11) is -2.02. The zero-order valence-electron chi connectivity index (χ0n) is 23.7. The van der Waals surface area contributed by atoms with E-state index in [1.165, 1.54) is 45.4 Å². The highest BCUT2D eigenvalue weighted by Crippen LogP contribution is 2.33. The molecule has 1 rings (SSSR count). The SMILES string of the molecule is CCCCC/C=C\C/C=C\CCCCCCC(C(=O)OC)C(C)(OS(=O)(=O)c1ccc(C)cc1)C(=O)OC. The van der Waals surface area contributed by atoms with Crippen molar-refractivity contribution in [1.82, 2.24) is 0 Å². The van der Waals surface area contributed by atoms with E-state index in [1.54, 1.807) is 12.1 Å². The first-order valence-electron chi connectivity index (χ1n) is 13.6. The molecule has 0 bridgehead atoms. The largest absolute Gasteiger partial charge is 0.469 e. The van der Waals surface area contributed by atoms with Crippen LogP contribution in [0.4, 0.5) is 0 Å². The minimum absolute atomic E-state index is 0.109. The molecule has 0 amide bonds. The Hall–Kier alpha value is -2.45. The summed E-state index contributed by atoms with van der Waals surface area (Å²) in [5, 5.41) is 0. The molecular weight excluding hydrogens is 504 g/mol. The number of benzene rings is 1. The van der Waals surface area contributed by atoms with E-state index in [9.17, 15) is 18.0 Å². The van der Waals surface area contributed by atoms with Gasteiger partial charge in [-0.15, -0.1) is 0 Å². The smallest absolute Gasteiger partial charge is 0.340 e. The maximum Gasteiger partial charge on any atom is 0.340 e. The quantitative estimate of drug-likeness (QED) is 0.0805. The molecule has 0 heterocycles. The highest BCUT2D eigenvalue weighted by Gasteiger charge is 2.51. The van der Waals surface area contributed by atoms with Crippen molar-refractivity contribution in [1.29, 1.82) is 0 Å². The van der Waals surface area contributed by atoms with Gasteiger partial charge in [-0.2, -0.15) is 8.42 Å². The summed E-state index contributed by atoms with van der Waals surface area (Å²) in [4.78, 5) is 25.4. The number of hydrogen-bond donors (Lipinski definition) is 0. The zero-order chi connectivity index (χ0) is 28.4. The van der Waals surface area contributed by atoms with E-state index in [1.807, 2.05) is 6.92 Å². The summed E-state index contributed by atoms with van der Waals surface area (Å²) < 4.78 is 41.2. The molecule has 0 saturated heterocycles. The maximum atomic E-state index is 13.0. The van der Waals surface area contributed by atoms with Crippen molar-refractivity contribution in [2.24, 2.45) is 5.92 Å². The zero-order valence-corrected chi connectivity index (χ0v) is 24.6. The number of rotatable bonds is 19. The fourth-order valence-electron chi connectivity index (χ4n) is 4.16. The topological polar surface area (TPSA) is 96.0 Å². The van der Waals surface area contributed by atoms with E-state index < -0.39 is 33.6 Å². The number of ether oxygens (including phenoxy) is 2. The minimum Gasteiger partial charge on any atom is -0.469 e. The molecule has 214 valence electrons. The number of carbonyl (C=O) groups excluding carboxylic acids is 2. The van der Waals surface area contributed by atoms with E-state index >= 15 is 0 Å². The van der Waals surface area contributed by atoms with Crippen molar-refractivity contribution in [3.8, 4) is 0 Å². The lowest BCUT2D eigenvalue weighted by Gasteiger charge is -2.32. The van der Waals surface area contributed by atoms with Gasteiger partial charge < -0.3 is 9.47 Å². The van der Waals surface area contributed by atoms with Crippen LogP contribution in [-0.2, 0) is 33.4 Å². The lowest BCUT2D eigenvalue weighted by atomic mass is 9.84. The highest BCUT2D eigenvalue weighted by atomic mass is 32.2. The van der Waals surface area contributed by atoms with Crippen LogP contribution >= 0.6 is 0 Å². The maximum absolute atomic E-state index is 13.0. The first-order chi connectivity index (χ1) is 18.1. The molecule has 0 aliphatic carbocycles. The second-order valence-corrected chi connectivity index (χ2v) is 11.2. The molecule has 2 unspecified atom stereocenters. The van der Waals surface area contributed by atoms with Crippen LogP contribution in [0.25, 0.3) is 0 Å². The molecule has 0 N–H and O–H groups in total. The molecule has 0 aliphatic heterocycles. The second-order valence-electron chi connectivity index (χ2n) is 9.69. The Kier molecular flexibility index (Phi) is 15.9. The number of methoxy groups -OCH3 is 2. The van der Waals surface area contributed by atoms with Gasteiger partial charge >= 0.3 is 11.9 Å². The third-order valence-electron chi connectivity index (χ3n) is 6.53. The van der Waals surface area contributed by atoms with Crippen LogP contribution in [-0.4, -0.2) is 40.2 Å². The number of hydrogen-bond acceptors (Lipinski definition) is 7. The first-order valence-corrected chi connectivity index (χ1v) is 15.0. The Morgan fingerprint density at radius 1 is 0.868 bits per heavy atom. The van der Waals surface area contributed by atoms with Gasteiger partial charge in [0.2, 0.25) is 0 Å². The molecule has 2 atom stereocenters. The van der Waals surface area contributed by atoms with Crippen LogP contribution in [0.15, 0.2) is 53.5 Å². The van der Waals surface area contributed by atoms with Crippen molar-refractivity contribution < 1.29 is 31.7 Å². The molecule has 0 radical (unpaired) electrons. The van der Waals surface area contributed by atoms with Crippen LogP contribution in [0.1, 0.15) is 90.0 Å². The lowest BCUT2D eigenvalue weighted by Crippen LogP contribution is -2.51. The molecule has 7 nitrogen and oxygen atoms in total. The molecule has 0 aromatic heterocycles. The summed E-state index contributed by atoms with van der Waals surface area (Å²) in [6.07, 6.45) is 19.3. The number of carbonyl (C=O) groups is 2. The van der Waals surface area contributed by atoms with Crippen molar-refractivity contribution in [2.45, 2.75) is 102 Å². The average molecular weight is 551 g/mol. The molecule has 0 saturated carbocycles. The van der Waals surface area contributed by atoms with Gasteiger partial charge in [-0.1, -0.05) is 81.0 Å². The standard InChI is InChI=1S/C30H46O7S/c1-6-7-8-9-10-11-12-13-14-15-16-17-18-19-20-27(28(31)35-4)30(3,29(32)36-5)37-38(33,34)26-23-21-25(2)22-24-26/h10-11,13-14,21-24,27H,6-9,12,15-20H2,1-5H3/b11-10-,14-13-. The Morgan fingerprint density at radius 2 is 1.45 bits per heavy atom. The van der Waals surface area contributed by atoms with Crippen molar-refractivity contribution in [3.63, 3.8) is 0 Å². The normalized spacial score (nSPS) is 14.4. The fourth-order valence-corrected chi connectivity index (χ4v) is 5.37. The van der Waals surface area contributed by atoms with E-state index in [2.05, 4.69) is 31.2 Å². The summed E-state index contributed by atoms with van der Waals surface area (Å²) >= 11 is 0.